The Bertz CT molecular complexity index is 3990. The molecule has 4 aromatic carbocycles. The van der Waals surface area contributed by atoms with Crippen molar-refractivity contribution in [3.8, 4) is 11.5 Å². The average molecular weight is 1170 g/mol. The second kappa shape index (κ2) is 26.5. The molecule has 1 aliphatic heterocycles. The van der Waals surface area contributed by atoms with Crippen LogP contribution in [-0.2, 0) is 67.9 Å². The van der Waals surface area contributed by atoms with Crippen LogP contribution in [0, 0.1) is 13.8 Å². The zero-order chi connectivity index (χ0) is 61.2. The number of hydrogen-bond donors (Lipinski definition) is 4. The van der Waals surface area contributed by atoms with E-state index in [-0.39, 0.29) is 104 Å². The van der Waals surface area contributed by atoms with E-state index < -0.39 is 47.6 Å². The molecule has 1 fully saturated rings. The number of carbonyl (C=O) groups excluding carboxylic acids is 8. The van der Waals surface area contributed by atoms with Crippen LogP contribution in [-0.4, -0.2) is 112 Å². The van der Waals surface area contributed by atoms with Crippen LogP contribution in [0.25, 0.3) is 22.1 Å². The van der Waals surface area contributed by atoms with E-state index in [9.17, 15) is 38.4 Å². The van der Waals surface area contributed by atoms with Crippen molar-refractivity contribution in [3.63, 3.8) is 0 Å². The van der Waals surface area contributed by atoms with Gasteiger partial charge in [0.1, 0.15) is 40.5 Å². The maximum Gasteiger partial charge on any atom is 0.508 e. The number of amides is 6. The Hall–Kier alpha value is -11.1. The van der Waals surface area contributed by atoms with Gasteiger partial charge in [0, 0.05) is 56.6 Å². The van der Waals surface area contributed by atoms with Crippen molar-refractivity contribution in [1.82, 2.24) is 43.7 Å². The fourth-order valence-corrected chi connectivity index (χ4v) is 9.18. The number of hydroxylamine groups is 2. The first kappa shape index (κ1) is 59.6. The third-order valence-corrected chi connectivity index (χ3v) is 13.3. The summed E-state index contributed by atoms with van der Waals surface area (Å²) in [5.41, 5.74) is 17.1. The molecule has 444 valence electrons. The predicted octanol–water partition coefficient (Wildman–Crippen LogP) is 7.09. The van der Waals surface area contributed by atoms with Crippen LogP contribution in [0.1, 0.15) is 97.3 Å². The Morgan fingerprint density at radius 3 is 1.62 bits per heavy atom. The number of benzene rings is 4. The van der Waals surface area contributed by atoms with Gasteiger partial charge in [-0.25, -0.2) is 19.6 Å². The van der Waals surface area contributed by atoms with Gasteiger partial charge in [0.15, 0.2) is 0 Å². The minimum Gasteiger partial charge on any atom is -0.494 e. The SMILES string of the molecule is CCn1nc(C)cc1C(=O)Nc1nc2cc(C(N)=O)cc(OC)c2n1C/C=C/Cn1c(NC(=O)c2cc(C)nn2CC)nc2cc(C(N)=O)cc(OCCCOC(=O)OCc3ccc(N=Nc4ccc(CC(=O)ON5C(=O)CCC5=O)cc4)cc3)c21. The molecular weight excluding hydrogens is 1110 g/mol. The number of primary amides is 2. The van der Waals surface area contributed by atoms with Gasteiger partial charge in [0.2, 0.25) is 23.7 Å². The van der Waals surface area contributed by atoms with Crippen molar-refractivity contribution in [2.24, 2.45) is 21.7 Å². The van der Waals surface area contributed by atoms with Gasteiger partial charge in [-0.3, -0.25) is 48.8 Å². The summed E-state index contributed by atoms with van der Waals surface area (Å²) in [6, 6.07) is 22.6. The Kier molecular flexibility index (Phi) is 18.3. The first-order valence-electron chi connectivity index (χ1n) is 27.1. The number of allylic oxidation sites excluding steroid dienone is 2. The number of nitrogens with zero attached hydrogens (tertiary/aromatic N) is 11. The molecule has 8 aromatic rings. The molecule has 0 aliphatic carbocycles. The van der Waals surface area contributed by atoms with Crippen molar-refractivity contribution in [3.05, 3.63) is 142 Å². The highest BCUT2D eigenvalue weighted by molar-refractivity contribution is 6.06. The first-order chi connectivity index (χ1) is 41.4. The van der Waals surface area contributed by atoms with E-state index in [4.69, 9.17) is 40.2 Å². The molecule has 0 saturated carbocycles. The van der Waals surface area contributed by atoms with Crippen molar-refractivity contribution in [2.75, 3.05) is 31.0 Å². The van der Waals surface area contributed by atoms with Crippen LogP contribution < -0.4 is 31.6 Å². The van der Waals surface area contributed by atoms with Crippen LogP contribution in [0.5, 0.6) is 11.5 Å². The number of hydrogen-bond acceptors (Lipinski definition) is 19. The topological polar surface area (TPSA) is 358 Å². The van der Waals surface area contributed by atoms with Gasteiger partial charge in [-0.15, -0.1) is 5.06 Å². The Labute approximate surface area is 489 Å². The van der Waals surface area contributed by atoms with Gasteiger partial charge in [-0.05, 0) is 99.5 Å². The van der Waals surface area contributed by atoms with Gasteiger partial charge in [-0.1, -0.05) is 36.4 Å². The third-order valence-electron chi connectivity index (χ3n) is 13.3. The highest BCUT2D eigenvalue weighted by Crippen LogP contribution is 2.34. The number of nitrogens with two attached hydrogens (primary N) is 2. The highest BCUT2D eigenvalue weighted by Gasteiger charge is 2.33. The number of aromatic nitrogens is 8. The minimum absolute atomic E-state index is 0.00346. The second-order valence-corrected chi connectivity index (χ2v) is 19.4. The highest BCUT2D eigenvalue weighted by atomic mass is 16.7. The molecule has 86 heavy (non-hydrogen) atoms. The zero-order valence-corrected chi connectivity index (χ0v) is 47.4. The molecule has 6 amide bonds. The van der Waals surface area contributed by atoms with Gasteiger partial charge in [-0.2, -0.15) is 20.4 Å². The quantitative estimate of drug-likeness (QED) is 0.0146. The molecule has 4 aromatic heterocycles. The van der Waals surface area contributed by atoms with E-state index in [1.165, 1.54) is 31.4 Å². The van der Waals surface area contributed by atoms with Crippen LogP contribution in [0.3, 0.4) is 0 Å². The molecule has 9 rings (SSSR count). The van der Waals surface area contributed by atoms with Crippen LogP contribution in [0.2, 0.25) is 0 Å². The number of rotatable bonds is 25. The van der Waals surface area contributed by atoms with E-state index >= 15 is 0 Å². The lowest BCUT2D eigenvalue weighted by molar-refractivity contribution is -0.197. The van der Waals surface area contributed by atoms with Crippen LogP contribution >= 0.6 is 0 Å². The summed E-state index contributed by atoms with van der Waals surface area (Å²) in [5, 5.41) is 23.6. The smallest absolute Gasteiger partial charge is 0.494 e. The molecule has 1 aliphatic rings. The van der Waals surface area contributed by atoms with Gasteiger partial charge < -0.3 is 44.4 Å². The number of methoxy groups -OCH3 is 1. The number of carbonyl (C=O) groups is 8. The van der Waals surface area contributed by atoms with Crippen LogP contribution in [0.15, 0.2) is 107 Å². The van der Waals surface area contributed by atoms with Crippen molar-refractivity contribution >= 4 is 92.9 Å². The molecule has 0 bridgehead atoms. The lowest BCUT2D eigenvalue weighted by atomic mass is 10.1. The summed E-state index contributed by atoms with van der Waals surface area (Å²) in [4.78, 5) is 116. The van der Waals surface area contributed by atoms with E-state index in [0.29, 0.717) is 74.3 Å². The number of anilines is 2. The largest absolute Gasteiger partial charge is 0.508 e. The predicted molar refractivity (Wildman–Crippen MR) is 308 cm³/mol. The lowest BCUT2D eigenvalue weighted by Gasteiger charge is -2.13. The van der Waals surface area contributed by atoms with E-state index in [1.807, 2.05) is 13.8 Å². The Morgan fingerprint density at radius 2 is 1.13 bits per heavy atom. The van der Waals surface area contributed by atoms with Gasteiger partial charge >= 0.3 is 12.1 Å². The van der Waals surface area contributed by atoms with E-state index in [2.05, 4.69) is 36.0 Å². The summed E-state index contributed by atoms with van der Waals surface area (Å²) < 4.78 is 29.1. The Morgan fingerprint density at radius 1 is 0.640 bits per heavy atom. The van der Waals surface area contributed by atoms with Gasteiger partial charge in [0.25, 0.3) is 23.6 Å². The van der Waals surface area contributed by atoms with Gasteiger partial charge in [0.05, 0.1) is 60.5 Å². The lowest BCUT2D eigenvalue weighted by Crippen LogP contribution is -2.32. The molecule has 28 nitrogen and oxygen atoms in total. The summed E-state index contributed by atoms with van der Waals surface area (Å²) in [7, 11) is 1.43. The molecule has 0 atom stereocenters. The normalized spacial score (nSPS) is 12.4. The summed E-state index contributed by atoms with van der Waals surface area (Å²) >= 11 is 0. The average Bonchev–Trinajstić information content (AvgIpc) is 1.99. The number of ether oxygens (including phenoxy) is 4. The number of imidazole rings is 2. The van der Waals surface area contributed by atoms with Crippen molar-refractivity contribution in [1.29, 1.82) is 0 Å². The molecule has 0 spiro atoms. The van der Waals surface area contributed by atoms with Crippen molar-refractivity contribution < 1.29 is 62.1 Å². The minimum atomic E-state index is -0.933. The van der Waals surface area contributed by atoms with Crippen molar-refractivity contribution in [2.45, 2.75) is 86.2 Å². The van der Waals surface area contributed by atoms with E-state index in [1.54, 1.807) is 105 Å². The first-order valence-corrected chi connectivity index (χ1v) is 27.1. The summed E-state index contributed by atoms with van der Waals surface area (Å²) in [5.74, 6) is -3.69. The Balaban J connectivity index is 0.864. The monoisotopic (exact) mass is 1170 g/mol. The van der Waals surface area contributed by atoms with Crippen LogP contribution in [0.4, 0.5) is 28.1 Å². The fourth-order valence-electron chi connectivity index (χ4n) is 9.18. The maximum absolute atomic E-state index is 14.0. The van der Waals surface area contributed by atoms with E-state index in [0.717, 1.165) is 0 Å². The summed E-state index contributed by atoms with van der Waals surface area (Å²) in [6.07, 6.45) is 2.65. The molecule has 5 heterocycles. The zero-order valence-electron chi connectivity index (χ0n) is 47.4. The molecule has 6 N–H and O–H groups in total. The third kappa shape index (κ3) is 13.9. The molecule has 0 unspecified atom stereocenters. The number of imide groups is 1. The number of azo groups is 1. The standard InChI is InChI=1S/C58H59N15O13/c1-6-71-43(25-33(3)67-71)54(79)63-56-61-41-28-37(52(59)77)30-45(82-5)50(41)69(56)21-8-9-22-70-51-42(62-57(70)64-55(80)44-26-34(4)68-72(44)7-2)29-38(53(60)78)31-46(51)83-23-10-24-84-58(81)85-32-36-13-17-40(18-14-36)66-65-39-15-11-35(12-16-39)27-49(76)86-73-47(74)19-20-48(73)75/h8-9,11-18,25-26,28-31H,6-7,10,19-24,27,32H2,1-5H3,(H2,59,77)(H2,60,78)(H,61,63,79)(H,62,64,80)/b9-8+,66-65?. The maximum atomic E-state index is 14.0. The molecule has 28 heteroatoms. The molecular formula is C58H59N15O13. The number of aryl methyl sites for hydroxylation is 4. The number of nitrogens with one attached hydrogen (secondary N) is 2. The molecule has 0 radical (unpaired) electrons. The fraction of sp³-hybridized carbons (Fsp3) is 0.276. The number of fused-ring (bicyclic) bond motifs is 2. The summed E-state index contributed by atoms with van der Waals surface area (Å²) in [6.45, 7) is 7.99. The second-order valence-electron chi connectivity index (χ2n) is 19.4. The molecule has 1 saturated heterocycles.